The van der Waals surface area contributed by atoms with Crippen molar-refractivity contribution in [2.75, 3.05) is 11.4 Å². The first kappa shape index (κ1) is 32.3. The lowest BCUT2D eigenvalue weighted by atomic mass is 9.94. The summed E-state index contributed by atoms with van der Waals surface area (Å²) >= 11 is 0. The summed E-state index contributed by atoms with van der Waals surface area (Å²) in [6.45, 7) is 6.03. The molecule has 2 unspecified atom stereocenters. The molecular formula is C35H36F2N2O5. The molecule has 4 rings (SSSR count). The fraction of sp³-hybridized carbons (Fsp3) is 0.257. The van der Waals surface area contributed by atoms with Crippen LogP contribution in [-0.4, -0.2) is 50.5 Å². The van der Waals surface area contributed by atoms with Gasteiger partial charge in [0, 0.05) is 41.5 Å². The van der Waals surface area contributed by atoms with Crippen LogP contribution in [0.25, 0.3) is 28.3 Å². The van der Waals surface area contributed by atoms with Crippen molar-refractivity contribution in [3.8, 4) is 22.3 Å². The Balaban J connectivity index is 2.03. The summed E-state index contributed by atoms with van der Waals surface area (Å²) < 4.78 is 30.1. The minimum absolute atomic E-state index is 0.217. The van der Waals surface area contributed by atoms with E-state index in [1.165, 1.54) is 30.3 Å². The van der Waals surface area contributed by atoms with Gasteiger partial charge in [-0.05, 0) is 74.4 Å². The van der Waals surface area contributed by atoms with Crippen LogP contribution in [0.3, 0.4) is 0 Å². The minimum atomic E-state index is -1.27. The number of carbonyl (C=O) groups is 2. The Labute approximate surface area is 255 Å². The molecule has 2 atom stereocenters. The zero-order valence-electron chi connectivity index (χ0n) is 24.8. The summed E-state index contributed by atoms with van der Waals surface area (Å²) in [5, 5.41) is 29.8. The number of hydrogen-bond acceptors (Lipinski definition) is 4. The van der Waals surface area contributed by atoms with Gasteiger partial charge in [0.25, 0.3) is 5.91 Å². The minimum Gasteiger partial charge on any atom is -0.481 e. The smallest absolute Gasteiger partial charge is 0.305 e. The normalized spacial score (nSPS) is 12.9. The second-order valence-electron chi connectivity index (χ2n) is 10.8. The fourth-order valence-electron chi connectivity index (χ4n) is 5.35. The van der Waals surface area contributed by atoms with Gasteiger partial charge in [-0.15, -0.1) is 0 Å². The molecule has 0 aliphatic heterocycles. The molecule has 44 heavy (non-hydrogen) atoms. The van der Waals surface area contributed by atoms with Gasteiger partial charge in [-0.25, -0.2) is 8.78 Å². The molecule has 0 aliphatic carbocycles. The van der Waals surface area contributed by atoms with Gasteiger partial charge in [0.1, 0.15) is 17.3 Å². The molecule has 230 valence electrons. The van der Waals surface area contributed by atoms with Crippen molar-refractivity contribution in [3.05, 3.63) is 108 Å². The number of carbonyl (C=O) groups excluding carboxylic acids is 1. The standard InChI is InChI=1S/C35H36F2N2O5/c1-4-38(27-8-6-5-7-9-27)35(44)34-33(24-12-16-26(37)17-13-24)32(23-10-14-25(36)15-11-23)30(39(34)22(2)3)19-18-28(40)20-29(41)21-31(42)43/h5-19,22,28-29,40-41H,4,20-21H2,1-3H3,(H,42,43). The first-order valence-corrected chi connectivity index (χ1v) is 14.4. The zero-order chi connectivity index (χ0) is 32.0. The van der Waals surface area contributed by atoms with E-state index in [1.807, 2.05) is 55.7 Å². The first-order valence-electron chi connectivity index (χ1n) is 14.4. The Kier molecular flexibility index (Phi) is 10.5. The number of carboxylic acid groups (broad SMARTS) is 1. The summed E-state index contributed by atoms with van der Waals surface area (Å²) in [6, 6.07) is 20.5. The number of rotatable bonds is 12. The molecule has 0 aliphatic rings. The lowest BCUT2D eigenvalue weighted by Gasteiger charge is -2.24. The van der Waals surface area contributed by atoms with Gasteiger partial charge < -0.3 is 24.8 Å². The number of anilines is 1. The van der Waals surface area contributed by atoms with Crippen LogP contribution in [0.2, 0.25) is 0 Å². The van der Waals surface area contributed by atoms with Crippen LogP contribution in [0.4, 0.5) is 14.5 Å². The highest BCUT2D eigenvalue weighted by atomic mass is 19.1. The molecule has 4 aromatic rings. The van der Waals surface area contributed by atoms with Crippen LogP contribution < -0.4 is 4.90 Å². The number of aromatic nitrogens is 1. The molecule has 0 saturated heterocycles. The summed E-state index contributed by atoms with van der Waals surface area (Å²) in [7, 11) is 0. The monoisotopic (exact) mass is 602 g/mol. The van der Waals surface area contributed by atoms with E-state index in [4.69, 9.17) is 5.11 Å². The maximum Gasteiger partial charge on any atom is 0.305 e. The molecule has 1 heterocycles. The molecule has 9 heteroatoms. The van der Waals surface area contributed by atoms with Crippen LogP contribution in [0.15, 0.2) is 84.9 Å². The number of halogens is 2. The number of carboxylic acids is 1. The van der Waals surface area contributed by atoms with E-state index >= 15 is 0 Å². The maximum atomic E-state index is 14.6. The van der Waals surface area contributed by atoms with Crippen LogP contribution in [0.5, 0.6) is 0 Å². The molecular weight excluding hydrogens is 566 g/mol. The first-order chi connectivity index (χ1) is 21.0. The summed E-state index contributed by atoms with van der Waals surface area (Å²) in [5.74, 6) is -2.40. The van der Waals surface area contributed by atoms with Crippen molar-refractivity contribution in [1.29, 1.82) is 0 Å². The van der Waals surface area contributed by atoms with E-state index in [-0.39, 0.29) is 18.4 Å². The van der Waals surface area contributed by atoms with Gasteiger partial charge in [0.2, 0.25) is 0 Å². The molecule has 3 aromatic carbocycles. The largest absolute Gasteiger partial charge is 0.481 e. The lowest BCUT2D eigenvalue weighted by molar-refractivity contribution is -0.139. The van der Waals surface area contributed by atoms with Crippen LogP contribution in [0.1, 0.15) is 55.8 Å². The highest BCUT2D eigenvalue weighted by molar-refractivity contribution is 6.13. The predicted molar refractivity (Wildman–Crippen MR) is 167 cm³/mol. The SMILES string of the molecule is CCN(C(=O)c1c(-c2ccc(F)cc2)c(-c2ccc(F)cc2)c(C=CC(O)CC(O)CC(=O)O)n1C(C)C)c1ccccc1. The molecule has 0 fully saturated rings. The molecule has 1 aromatic heterocycles. The van der Waals surface area contributed by atoms with Crippen LogP contribution in [0, 0.1) is 11.6 Å². The molecule has 0 bridgehead atoms. The van der Waals surface area contributed by atoms with E-state index < -0.39 is 36.2 Å². The highest BCUT2D eigenvalue weighted by Gasteiger charge is 2.32. The number of para-hydroxylation sites is 1. The van der Waals surface area contributed by atoms with Crippen LogP contribution in [-0.2, 0) is 4.79 Å². The van der Waals surface area contributed by atoms with Gasteiger partial charge in [0.15, 0.2) is 0 Å². The van der Waals surface area contributed by atoms with Crippen molar-refractivity contribution in [2.45, 2.75) is 51.9 Å². The topological polar surface area (TPSA) is 103 Å². The molecule has 0 radical (unpaired) electrons. The van der Waals surface area contributed by atoms with Gasteiger partial charge in [0.05, 0.1) is 18.6 Å². The van der Waals surface area contributed by atoms with Crippen molar-refractivity contribution in [3.63, 3.8) is 0 Å². The number of hydrogen-bond donors (Lipinski definition) is 3. The number of aliphatic carboxylic acids is 1. The van der Waals surface area contributed by atoms with Gasteiger partial charge in [-0.3, -0.25) is 9.59 Å². The van der Waals surface area contributed by atoms with Crippen molar-refractivity contribution in [2.24, 2.45) is 0 Å². The molecule has 0 spiro atoms. The van der Waals surface area contributed by atoms with Gasteiger partial charge >= 0.3 is 5.97 Å². The van der Waals surface area contributed by atoms with Crippen molar-refractivity contribution >= 4 is 23.6 Å². The Bertz CT molecular complexity index is 1610. The fourth-order valence-corrected chi connectivity index (χ4v) is 5.35. The third-order valence-corrected chi connectivity index (χ3v) is 7.26. The third kappa shape index (κ3) is 7.30. The summed E-state index contributed by atoms with van der Waals surface area (Å²) in [5.41, 5.74) is 3.73. The highest BCUT2D eigenvalue weighted by Crippen LogP contribution is 2.43. The average molecular weight is 603 g/mol. The average Bonchev–Trinajstić information content (AvgIpc) is 3.32. The molecule has 3 N–H and O–H groups in total. The summed E-state index contributed by atoms with van der Waals surface area (Å²) in [6.07, 6.45) is -0.148. The van der Waals surface area contributed by atoms with Crippen molar-refractivity contribution in [1.82, 2.24) is 4.57 Å². The maximum absolute atomic E-state index is 14.6. The molecule has 0 saturated carbocycles. The molecule has 7 nitrogen and oxygen atoms in total. The second kappa shape index (κ2) is 14.2. The van der Waals surface area contributed by atoms with E-state index in [2.05, 4.69) is 0 Å². The number of aliphatic hydroxyl groups excluding tert-OH is 2. The van der Waals surface area contributed by atoms with Gasteiger partial charge in [-0.2, -0.15) is 0 Å². The van der Waals surface area contributed by atoms with E-state index in [0.29, 0.717) is 45.9 Å². The van der Waals surface area contributed by atoms with Crippen molar-refractivity contribution < 1.29 is 33.7 Å². The van der Waals surface area contributed by atoms with Gasteiger partial charge in [-0.1, -0.05) is 48.5 Å². The number of aliphatic hydroxyl groups is 2. The number of amides is 1. The Morgan fingerprint density at radius 3 is 1.91 bits per heavy atom. The Morgan fingerprint density at radius 1 is 0.864 bits per heavy atom. The third-order valence-electron chi connectivity index (χ3n) is 7.26. The Morgan fingerprint density at radius 2 is 1.41 bits per heavy atom. The van der Waals surface area contributed by atoms with Crippen LogP contribution >= 0.6 is 0 Å². The second-order valence-corrected chi connectivity index (χ2v) is 10.8. The number of benzene rings is 3. The van der Waals surface area contributed by atoms with E-state index in [1.54, 1.807) is 35.2 Å². The van der Waals surface area contributed by atoms with E-state index in [9.17, 15) is 28.6 Å². The lowest BCUT2D eigenvalue weighted by Crippen LogP contribution is -2.33. The zero-order valence-corrected chi connectivity index (χ0v) is 24.8. The Hall–Kier alpha value is -4.60. The summed E-state index contributed by atoms with van der Waals surface area (Å²) in [4.78, 5) is 27.3. The quantitative estimate of drug-likeness (QED) is 0.163. The number of nitrogens with zero attached hydrogens (tertiary/aromatic N) is 2. The predicted octanol–water partition coefficient (Wildman–Crippen LogP) is 6.95. The van der Waals surface area contributed by atoms with E-state index in [0.717, 1.165) is 0 Å². The molecule has 1 amide bonds.